The Bertz CT molecular complexity index is 476. The molecule has 0 aromatic carbocycles. The number of nitrogens with zero attached hydrogens (tertiary/aromatic N) is 1. The van der Waals surface area contributed by atoms with Crippen LogP contribution in [-0.2, 0) is 9.59 Å². The van der Waals surface area contributed by atoms with Crippen molar-refractivity contribution in [2.24, 2.45) is 5.73 Å². The van der Waals surface area contributed by atoms with Crippen molar-refractivity contribution in [3.05, 3.63) is 11.6 Å². The third kappa shape index (κ3) is 4.97. The summed E-state index contributed by atoms with van der Waals surface area (Å²) in [4.78, 5) is 34.3. The maximum Gasteiger partial charge on any atom is 0.412 e. The average Bonchev–Trinajstić information content (AvgIpc) is 2.36. The summed E-state index contributed by atoms with van der Waals surface area (Å²) in [7, 11) is 0. The van der Waals surface area contributed by atoms with Crippen LogP contribution in [0.25, 0.3) is 0 Å². The zero-order chi connectivity index (χ0) is 16.2. The monoisotopic (exact) mass is 309 g/mol. The lowest BCUT2D eigenvalue weighted by Crippen LogP contribution is -2.50. The van der Waals surface area contributed by atoms with Gasteiger partial charge in [0.15, 0.2) is 0 Å². The van der Waals surface area contributed by atoms with E-state index in [1.54, 1.807) is 0 Å². The first-order valence-corrected chi connectivity index (χ1v) is 5.94. The lowest BCUT2D eigenvalue weighted by atomic mass is 10.1. The molecule has 7 nitrogen and oxygen atoms in total. The van der Waals surface area contributed by atoms with E-state index < -0.39 is 42.1 Å². The topological polar surface area (TPSA) is 113 Å². The van der Waals surface area contributed by atoms with E-state index in [2.05, 4.69) is 0 Å². The second-order valence-corrected chi connectivity index (χ2v) is 4.43. The number of alkyl halides is 3. The summed E-state index contributed by atoms with van der Waals surface area (Å²) < 4.78 is 37.2. The number of hydrogen-bond acceptors (Lipinski definition) is 3. The molecule has 0 fully saturated rings. The van der Waals surface area contributed by atoms with E-state index in [4.69, 9.17) is 10.8 Å². The smallest absolute Gasteiger partial charge is 0.412 e. The van der Waals surface area contributed by atoms with Crippen LogP contribution in [0.5, 0.6) is 0 Å². The van der Waals surface area contributed by atoms with Crippen LogP contribution in [0.15, 0.2) is 11.6 Å². The van der Waals surface area contributed by atoms with E-state index in [-0.39, 0.29) is 19.5 Å². The highest BCUT2D eigenvalue weighted by molar-refractivity contribution is 5.87. The quantitative estimate of drug-likeness (QED) is 0.645. The Morgan fingerprint density at radius 2 is 2.05 bits per heavy atom. The van der Waals surface area contributed by atoms with Crippen LogP contribution in [-0.4, -0.2) is 53.2 Å². The van der Waals surface area contributed by atoms with Gasteiger partial charge >= 0.3 is 18.2 Å². The fourth-order valence-corrected chi connectivity index (χ4v) is 1.75. The van der Waals surface area contributed by atoms with Gasteiger partial charge in [0.25, 0.3) is 0 Å². The number of carboxylic acids is 1. The molecule has 0 radical (unpaired) electrons. The maximum atomic E-state index is 12.4. The molecule has 10 heteroatoms. The third-order valence-corrected chi connectivity index (χ3v) is 2.86. The molecule has 3 amide bonds. The summed E-state index contributed by atoms with van der Waals surface area (Å²) in [5.74, 6) is -2.37. The predicted molar refractivity (Wildman–Crippen MR) is 64.1 cm³/mol. The fraction of sp³-hybridized carbons (Fsp3) is 0.545. The lowest BCUT2D eigenvalue weighted by molar-refractivity contribution is -0.140. The van der Waals surface area contributed by atoms with Gasteiger partial charge in [-0.25, -0.2) is 9.59 Å². The molecular weight excluding hydrogens is 295 g/mol. The number of urea groups is 1. The third-order valence-electron chi connectivity index (χ3n) is 2.86. The number of aliphatic carboxylic acids is 1. The van der Waals surface area contributed by atoms with E-state index >= 15 is 0 Å². The van der Waals surface area contributed by atoms with Gasteiger partial charge in [0, 0.05) is 18.7 Å². The number of carbonyl (C=O) groups excluding carboxylic acids is 2. The number of nitrogens with two attached hydrogens (primary N) is 1. The molecule has 0 bridgehead atoms. The van der Waals surface area contributed by atoms with Crippen molar-refractivity contribution in [1.82, 2.24) is 10.2 Å². The minimum absolute atomic E-state index is 0.194. The molecule has 1 aliphatic rings. The van der Waals surface area contributed by atoms with Gasteiger partial charge in [-0.3, -0.25) is 4.79 Å². The first kappa shape index (κ1) is 16.8. The normalized spacial score (nSPS) is 16.9. The maximum absolute atomic E-state index is 12.4. The summed E-state index contributed by atoms with van der Waals surface area (Å²) in [6, 6.07) is -2.37. The van der Waals surface area contributed by atoms with Crippen LogP contribution in [0.3, 0.4) is 0 Å². The molecule has 1 atom stereocenters. The van der Waals surface area contributed by atoms with Gasteiger partial charge in [-0.05, 0) is 6.42 Å². The highest BCUT2D eigenvalue weighted by Crippen LogP contribution is 2.30. The van der Waals surface area contributed by atoms with Gasteiger partial charge in [0.2, 0.25) is 5.91 Å². The molecule has 21 heavy (non-hydrogen) atoms. The van der Waals surface area contributed by atoms with E-state index in [0.29, 0.717) is 0 Å². The largest absolute Gasteiger partial charge is 0.480 e. The summed E-state index contributed by atoms with van der Waals surface area (Å²) in [5.41, 5.74) is 4.13. The van der Waals surface area contributed by atoms with Gasteiger partial charge in [0.05, 0.1) is 6.42 Å². The van der Waals surface area contributed by atoms with Crippen LogP contribution >= 0.6 is 0 Å². The van der Waals surface area contributed by atoms with Crippen LogP contribution in [0.1, 0.15) is 12.8 Å². The highest BCUT2D eigenvalue weighted by Gasteiger charge is 2.36. The Labute approximate surface area is 117 Å². The predicted octanol–water partition coefficient (Wildman–Crippen LogP) is 0.219. The molecule has 0 unspecified atom stereocenters. The van der Waals surface area contributed by atoms with Gasteiger partial charge < -0.3 is 21.1 Å². The van der Waals surface area contributed by atoms with E-state index in [0.717, 1.165) is 11.0 Å². The van der Waals surface area contributed by atoms with Crippen molar-refractivity contribution in [3.63, 3.8) is 0 Å². The van der Waals surface area contributed by atoms with Crippen molar-refractivity contribution in [1.29, 1.82) is 0 Å². The molecule has 0 saturated carbocycles. The zero-order valence-electron chi connectivity index (χ0n) is 10.8. The molecule has 1 aliphatic heterocycles. The second-order valence-electron chi connectivity index (χ2n) is 4.43. The standard InChI is InChI=1S/C11H14F3N3O4/c12-11(13,14)6-1-3-17(4-2-6)10(21)16-7(9(19)20)5-8(15)18/h1,7H,2-5H2,(H2,15,18)(H,16,21)(H,19,20)/t7-/m1/s1. The number of amides is 3. The number of carboxylic acid groups (broad SMARTS) is 1. The lowest BCUT2D eigenvalue weighted by Gasteiger charge is -2.28. The molecular formula is C11H14F3N3O4. The Morgan fingerprint density at radius 3 is 2.43 bits per heavy atom. The molecule has 4 N–H and O–H groups in total. The molecule has 0 saturated heterocycles. The second kappa shape index (κ2) is 6.46. The van der Waals surface area contributed by atoms with Gasteiger partial charge in [-0.2, -0.15) is 13.2 Å². The number of rotatable bonds is 4. The van der Waals surface area contributed by atoms with Crippen molar-refractivity contribution >= 4 is 17.9 Å². The SMILES string of the molecule is NC(=O)C[C@@H](NC(=O)N1CC=C(C(F)(F)F)CC1)C(=O)O. The summed E-state index contributed by atoms with van der Waals surface area (Å²) in [5, 5.41) is 10.9. The number of hydrogen-bond donors (Lipinski definition) is 3. The van der Waals surface area contributed by atoms with E-state index in [1.165, 1.54) is 0 Å². The van der Waals surface area contributed by atoms with Gasteiger partial charge in [-0.15, -0.1) is 0 Å². The molecule has 1 rings (SSSR count). The van der Waals surface area contributed by atoms with Gasteiger partial charge in [-0.1, -0.05) is 6.08 Å². The van der Waals surface area contributed by atoms with Crippen molar-refractivity contribution in [2.45, 2.75) is 25.1 Å². The fourth-order valence-electron chi connectivity index (χ4n) is 1.75. The Balaban J connectivity index is 2.63. The summed E-state index contributed by atoms with van der Waals surface area (Å²) in [6.07, 6.45) is -4.53. The molecule has 118 valence electrons. The Kier molecular flexibility index (Phi) is 5.17. The van der Waals surface area contributed by atoms with Gasteiger partial charge in [0.1, 0.15) is 6.04 Å². The van der Waals surface area contributed by atoms with Crippen LogP contribution in [0.4, 0.5) is 18.0 Å². The number of halogens is 3. The van der Waals surface area contributed by atoms with E-state index in [9.17, 15) is 27.6 Å². The number of primary amides is 1. The molecule has 0 aromatic heterocycles. The Hall–Kier alpha value is -2.26. The number of carbonyl (C=O) groups is 3. The van der Waals surface area contributed by atoms with Crippen molar-refractivity contribution in [2.75, 3.05) is 13.1 Å². The first-order valence-electron chi connectivity index (χ1n) is 5.94. The van der Waals surface area contributed by atoms with Crippen molar-refractivity contribution < 1.29 is 32.7 Å². The van der Waals surface area contributed by atoms with E-state index in [1.807, 2.05) is 5.32 Å². The molecule has 0 aromatic rings. The van der Waals surface area contributed by atoms with Crippen molar-refractivity contribution in [3.8, 4) is 0 Å². The summed E-state index contributed by atoms with van der Waals surface area (Å²) >= 11 is 0. The summed E-state index contributed by atoms with van der Waals surface area (Å²) in [6.45, 7) is -0.482. The highest BCUT2D eigenvalue weighted by atomic mass is 19.4. The van der Waals surface area contributed by atoms with Crippen LogP contribution < -0.4 is 11.1 Å². The Morgan fingerprint density at radius 1 is 1.43 bits per heavy atom. The van der Waals surface area contributed by atoms with Crippen LogP contribution in [0.2, 0.25) is 0 Å². The molecule has 1 heterocycles. The van der Waals surface area contributed by atoms with Crippen LogP contribution in [0, 0.1) is 0 Å². The first-order chi connectivity index (χ1) is 9.61. The number of nitrogens with one attached hydrogen (secondary N) is 1. The minimum atomic E-state index is -4.43. The minimum Gasteiger partial charge on any atom is -0.480 e. The zero-order valence-corrected chi connectivity index (χ0v) is 10.8. The average molecular weight is 309 g/mol. The molecule has 0 spiro atoms. The molecule has 0 aliphatic carbocycles.